The van der Waals surface area contributed by atoms with Crippen LogP contribution in [-0.4, -0.2) is 13.0 Å². The van der Waals surface area contributed by atoms with Gasteiger partial charge in [-0.05, 0) is 91.1 Å². The Balaban J connectivity index is 1.41. The monoisotopic (exact) mass is 566 g/mol. The van der Waals surface area contributed by atoms with E-state index in [1.165, 1.54) is 29.9 Å². The second-order valence-corrected chi connectivity index (χ2v) is 10.1. The van der Waals surface area contributed by atoms with Gasteiger partial charge in [-0.3, -0.25) is 4.79 Å². The highest BCUT2D eigenvalue weighted by Gasteiger charge is 2.15. The number of benzene rings is 4. The second-order valence-electron chi connectivity index (χ2n) is 9.66. The third-order valence-electron chi connectivity index (χ3n) is 6.52. The average molecular weight is 567 g/mol. The molecule has 0 radical (unpaired) electrons. The van der Waals surface area contributed by atoms with Gasteiger partial charge < -0.3 is 19.5 Å². The highest BCUT2D eigenvalue weighted by molar-refractivity contribution is 6.32. The fourth-order valence-electron chi connectivity index (χ4n) is 4.01. The zero-order valence-electron chi connectivity index (χ0n) is 23.5. The number of hydrogen-bond acceptors (Lipinski definition) is 5. The van der Waals surface area contributed by atoms with Crippen LogP contribution in [0.5, 0.6) is 17.2 Å². The lowest BCUT2D eigenvalue weighted by atomic mass is 10.1. The summed E-state index contributed by atoms with van der Waals surface area (Å²) in [5.41, 5.74) is 6.61. The van der Waals surface area contributed by atoms with Crippen molar-refractivity contribution in [3.63, 3.8) is 0 Å². The first-order valence-corrected chi connectivity index (χ1v) is 13.4. The third kappa shape index (κ3) is 7.91. The van der Waals surface area contributed by atoms with Crippen LogP contribution in [0.2, 0.25) is 5.02 Å². The van der Waals surface area contributed by atoms with Gasteiger partial charge in [-0.25, -0.2) is 0 Å². The van der Waals surface area contributed by atoms with Crippen molar-refractivity contribution < 1.29 is 19.0 Å². The summed E-state index contributed by atoms with van der Waals surface area (Å²) in [6, 6.07) is 26.5. The van der Waals surface area contributed by atoms with E-state index >= 15 is 0 Å². The molecule has 0 bridgehead atoms. The van der Waals surface area contributed by atoms with Gasteiger partial charge >= 0.3 is 0 Å². The van der Waals surface area contributed by atoms with Gasteiger partial charge in [-0.15, -0.1) is 0 Å². The molecule has 0 fully saturated rings. The lowest BCUT2D eigenvalue weighted by Gasteiger charge is -2.14. The summed E-state index contributed by atoms with van der Waals surface area (Å²) in [4.78, 5) is 12.9. The van der Waals surface area contributed by atoms with Gasteiger partial charge in [0, 0.05) is 5.69 Å². The maximum Gasteiger partial charge on any atom is 0.266 e. The van der Waals surface area contributed by atoms with Crippen LogP contribution < -0.4 is 19.5 Å². The van der Waals surface area contributed by atoms with Crippen LogP contribution in [0, 0.1) is 32.1 Å². The fraction of sp³-hybridized carbons (Fsp3) is 0.176. The number of carbonyl (C=O) groups excluding carboxylic acids is 1. The Morgan fingerprint density at radius 2 is 1.56 bits per heavy atom. The summed E-state index contributed by atoms with van der Waals surface area (Å²) >= 11 is 6.53. The van der Waals surface area contributed by atoms with Crippen LogP contribution in [0.25, 0.3) is 6.08 Å². The molecule has 0 heterocycles. The lowest BCUT2D eigenvalue weighted by Crippen LogP contribution is -2.13. The minimum absolute atomic E-state index is 0.0911. The predicted octanol–water partition coefficient (Wildman–Crippen LogP) is 7.98. The molecule has 0 unspecified atom stereocenters. The van der Waals surface area contributed by atoms with Gasteiger partial charge in [0.05, 0.1) is 12.1 Å². The maximum atomic E-state index is 12.9. The molecule has 0 aromatic heterocycles. The van der Waals surface area contributed by atoms with Gasteiger partial charge in [0.2, 0.25) is 0 Å². The average Bonchev–Trinajstić information content (AvgIpc) is 2.97. The van der Waals surface area contributed by atoms with E-state index in [9.17, 15) is 10.1 Å². The number of halogens is 1. The zero-order chi connectivity index (χ0) is 29.4. The maximum absolute atomic E-state index is 12.9. The SMILES string of the molecule is COc1cc(/C=C(\C#N)C(=O)Nc2ccc(OCc3ccc(C)cc3)cc2)cc(Cl)c1OCc1ccc(C)c(C)c1. The summed E-state index contributed by atoms with van der Waals surface area (Å²) in [5.74, 6) is 0.899. The van der Waals surface area contributed by atoms with Crippen molar-refractivity contribution in [2.75, 3.05) is 12.4 Å². The molecule has 0 aliphatic carbocycles. The summed E-state index contributed by atoms with van der Waals surface area (Å²) in [7, 11) is 1.51. The number of nitriles is 1. The molecular weight excluding hydrogens is 536 g/mol. The number of anilines is 1. The Hall–Kier alpha value is -4.73. The highest BCUT2D eigenvalue weighted by Crippen LogP contribution is 2.37. The van der Waals surface area contributed by atoms with Crippen LogP contribution in [0.4, 0.5) is 5.69 Å². The highest BCUT2D eigenvalue weighted by atomic mass is 35.5. The summed E-state index contributed by atoms with van der Waals surface area (Å²) in [6.07, 6.45) is 1.45. The lowest BCUT2D eigenvalue weighted by molar-refractivity contribution is -0.112. The van der Waals surface area contributed by atoms with Crippen molar-refractivity contribution in [3.05, 3.63) is 123 Å². The van der Waals surface area contributed by atoms with Gasteiger partial charge in [-0.1, -0.05) is 59.6 Å². The first kappa shape index (κ1) is 29.3. The van der Waals surface area contributed by atoms with Crippen LogP contribution in [0.1, 0.15) is 33.4 Å². The molecule has 0 aliphatic rings. The Labute approximate surface area is 245 Å². The number of nitrogens with zero attached hydrogens (tertiary/aromatic N) is 1. The third-order valence-corrected chi connectivity index (χ3v) is 6.80. The number of ether oxygens (including phenoxy) is 3. The molecule has 0 atom stereocenters. The molecular formula is C34H31ClN2O4. The number of methoxy groups -OCH3 is 1. The quantitative estimate of drug-likeness (QED) is 0.155. The molecule has 1 amide bonds. The van der Waals surface area contributed by atoms with Crippen molar-refractivity contribution in [2.45, 2.75) is 34.0 Å². The molecule has 0 aliphatic heterocycles. The Morgan fingerprint density at radius 3 is 2.22 bits per heavy atom. The van der Waals surface area contributed by atoms with Crippen molar-refractivity contribution >= 4 is 29.3 Å². The van der Waals surface area contributed by atoms with Crippen LogP contribution in [0.3, 0.4) is 0 Å². The van der Waals surface area contributed by atoms with E-state index in [0.717, 1.165) is 11.1 Å². The second kappa shape index (κ2) is 13.6. The molecule has 41 heavy (non-hydrogen) atoms. The van der Waals surface area contributed by atoms with Crippen LogP contribution >= 0.6 is 11.6 Å². The largest absolute Gasteiger partial charge is 0.493 e. The molecule has 0 saturated carbocycles. The number of aryl methyl sites for hydroxylation is 3. The first-order valence-electron chi connectivity index (χ1n) is 13.0. The standard InChI is InChI=1S/C34H31ClN2O4/c1-22-5-8-25(9-6-22)20-40-30-13-11-29(12-14-30)37-34(38)28(19-36)16-27-17-31(35)33(32(18-27)39-4)41-21-26-10-7-23(2)24(3)15-26/h5-18H,20-21H2,1-4H3,(H,37,38)/b28-16+. The van der Waals surface area contributed by atoms with Crippen molar-refractivity contribution in [3.8, 4) is 23.3 Å². The number of nitrogens with one attached hydrogen (secondary N) is 1. The van der Waals surface area contributed by atoms with Crippen LogP contribution in [0.15, 0.2) is 84.4 Å². The molecule has 0 saturated heterocycles. The molecule has 1 N–H and O–H groups in total. The molecule has 208 valence electrons. The van der Waals surface area contributed by atoms with Crippen molar-refractivity contribution in [2.24, 2.45) is 0 Å². The summed E-state index contributed by atoms with van der Waals surface area (Å²) in [6.45, 7) is 6.90. The smallest absolute Gasteiger partial charge is 0.266 e. The van der Waals surface area contributed by atoms with Gasteiger partial charge in [0.15, 0.2) is 11.5 Å². The number of hydrogen-bond donors (Lipinski definition) is 1. The topological polar surface area (TPSA) is 80.6 Å². The molecule has 7 heteroatoms. The zero-order valence-corrected chi connectivity index (χ0v) is 24.2. The Kier molecular flexibility index (Phi) is 9.68. The van der Waals surface area contributed by atoms with E-state index < -0.39 is 5.91 Å². The van der Waals surface area contributed by atoms with Gasteiger partial charge in [0.25, 0.3) is 5.91 Å². The molecule has 6 nitrogen and oxygen atoms in total. The predicted molar refractivity (Wildman–Crippen MR) is 162 cm³/mol. The van der Waals surface area contributed by atoms with Crippen molar-refractivity contribution in [1.82, 2.24) is 0 Å². The minimum Gasteiger partial charge on any atom is -0.493 e. The van der Waals surface area contributed by atoms with E-state index in [-0.39, 0.29) is 5.57 Å². The van der Waals surface area contributed by atoms with Crippen molar-refractivity contribution in [1.29, 1.82) is 5.26 Å². The molecule has 4 rings (SSSR count). The van der Waals surface area contributed by atoms with E-state index in [0.29, 0.717) is 46.7 Å². The first-order chi connectivity index (χ1) is 19.7. The molecule has 0 spiro atoms. The molecule has 4 aromatic rings. The number of carbonyl (C=O) groups is 1. The number of amides is 1. The van der Waals surface area contributed by atoms with Gasteiger partial charge in [0.1, 0.15) is 30.6 Å². The number of rotatable bonds is 10. The van der Waals surface area contributed by atoms with E-state index in [4.69, 9.17) is 25.8 Å². The summed E-state index contributed by atoms with van der Waals surface area (Å²) < 4.78 is 17.3. The Morgan fingerprint density at radius 1 is 0.878 bits per heavy atom. The normalized spacial score (nSPS) is 11.0. The molecule has 4 aromatic carbocycles. The van der Waals surface area contributed by atoms with E-state index in [1.54, 1.807) is 36.4 Å². The van der Waals surface area contributed by atoms with E-state index in [2.05, 4.69) is 18.3 Å². The van der Waals surface area contributed by atoms with E-state index in [1.807, 2.05) is 56.3 Å². The Bertz CT molecular complexity index is 1600. The van der Waals surface area contributed by atoms with Gasteiger partial charge in [-0.2, -0.15) is 5.26 Å². The van der Waals surface area contributed by atoms with Crippen LogP contribution in [-0.2, 0) is 18.0 Å². The minimum atomic E-state index is -0.550. The fourth-order valence-corrected chi connectivity index (χ4v) is 4.28. The summed E-state index contributed by atoms with van der Waals surface area (Å²) in [5, 5.41) is 12.7.